The topological polar surface area (TPSA) is 74.7 Å². The third kappa shape index (κ3) is 2.57. The number of piperazine rings is 1. The fourth-order valence-electron chi connectivity index (χ4n) is 4.11. The zero-order chi connectivity index (χ0) is 18.6. The van der Waals surface area contributed by atoms with Crippen LogP contribution in [-0.2, 0) is 4.79 Å². The summed E-state index contributed by atoms with van der Waals surface area (Å²) < 4.78 is 0. The first kappa shape index (κ1) is 17.3. The van der Waals surface area contributed by atoms with Gasteiger partial charge in [-0.25, -0.2) is 9.79 Å². The number of nitrogens with zero attached hydrogens (tertiary/aromatic N) is 6. The molecule has 0 aromatic heterocycles. The highest BCUT2D eigenvalue weighted by Crippen LogP contribution is 2.35. The maximum Gasteiger partial charge on any atom is 0.325 e. The molecule has 142 valence electrons. The average Bonchev–Trinajstić information content (AvgIpc) is 3.10. The molecule has 0 bridgehead atoms. The summed E-state index contributed by atoms with van der Waals surface area (Å²) in [7, 11) is 3.84. The van der Waals surface area contributed by atoms with Crippen molar-refractivity contribution < 1.29 is 9.59 Å². The number of likely N-dealkylation sites (N-methyl/N-ethyl adjacent to an activating group) is 2. The molecule has 4 heterocycles. The van der Waals surface area contributed by atoms with Crippen molar-refractivity contribution in [1.82, 2.24) is 29.8 Å². The highest BCUT2D eigenvalue weighted by atomic mass is 16.2. The molecule has 9 heteroatoms. The zero-order valence-corrected chi connectivity index (χ0v) is 15.9. The lowest BCUT2D eigenvalue weighted by atomic mass is 10.1. The first-order chi connectivity index (χ1) is 12.4. The van der Waals surface area contributed by atoms with Gasteiger partial charge >= 0.3 is 6.03 Å². The van der Waals surface area contributed by atoms with Crippen LogP contribution >= 0.6 is 0 Å². The van der Waals surface area contributed by atoms with Gasteiger partial charge in [-0.1, -0.05) is 0 Å². The Balaban J connectivity index is 1.52. The molecule has 1 N–H and O–H groups in total. The van der Waals surface area contributed by atoms with Gasteiger partial charge in [0.15, 0.2) is 12.2 Å². The first-order valence-corrected chi connectivity index (χ1v) is 9.19. The van der Waals surface area contributed by atoms with Gasteiger partial charge in [-0.05, 0) is 20.9 Å². The number of carbonyl (C=O) groups is 2. The molecular weight excluding hydrogens is 334 g/mol. The van der Waals surface area contributed by atoms with Crippen LogP contribution in [0.15, 0.2) is 16.4 Å². The molecule has 0 radical (unpaired) electrons. The van der Waals surface area contributed by atoms with Gasteiger partial charge in [0.05, 0.1) is 0 Å². The summed E-state index contributed by atoms with van der Waals surface area (Å²) in [5, 5.41) is 2.43. The molecule has 26 heavy (non-hydrogen) atoms. The van der Waals surface area contributed by atoms with Crippen molar-refractivity contribution in [1.29, 1.82) is 0 Å². The second kappa shape index (κ2) is 6.24. The lowest BCUT2D eigenvalue weighted by Crippen LogP contribution is -2.63. The van der Waals surface area contributed by atoms with Crippen molar-refractivity contribution in [2.75, 3.05) is 53.4 Å². The lowest BCUT2D eigenvalue weighted by molar-refractivity contribution is -0.126. The number of guanidine groups is 1. The molecule has 2 saturated heterocycles. The second-order valence-electron chi connectivity index (χ2n) is 7.53. The van der Waals surface area contributed by atoms with Crippen molar-refractivity contribution >= 4 is 17.9 Å². The van der Waals surface area contributed by atoms with E-state index < -0.39 is 12.2 Å². The third-order valence-electron chi connectivity index (χ3n) is 6.01. The van der Waals surface area contributed by atoms with Crippen molar-refractivity contribution in [3.8, 4) is 0 Å². The summed E-state index contributed by atoms with van der Waals surface area (Å²) in [6, 6.07) is -0.861. The van der Waals surface area contributed by atoms with Crippen molar-refractivity contribution in [2.24, 2.45) is 4.99 Å². The summed E-state index contributed by atoms with van der Waals surface area (Å²) in [6.45, 7) is 10.2. The Labute approximate surface area is 153 Å². The Morgan fingerprint density at radius 2 is 1.73 bits per heavy atom. The largest absolute Gasteiger partial charge is 0.325 e. The normalized spacial score (nSPS) is 30.0. The van der Waals surface area contributed by atoms with E-state index in [9.17, 15) is 9.59 Å². The van der Waals surface area contributed by atoms with E-state index >= 15 is 0 Å². The SMILES string of the molecule is CC1=C(C)N2C(=NC3C2C(=O)NC(=O)N3C)N1CCN1CCN(C)CC1. The number of nitrogens with one attached hydrogen (secondary N) is 1. The number of imide groups is 1. The Bertz CT molecular complexity index is 695. The lowest BCUT2D eigenvalue weighted by Gasteiger charge is -2.35. The van der Waals surface area contributed by atoms with Gasteiger partial charge in [0.1, 0.15) is 0 Å². The van der Waals surface area contributed by atoms with Crippen molar-refractivity contribution in [2.45, 2.75) is 26.1 Å². The molecule has 4 aliphatic heterocycles. The van der Waals surface area contributed by atoms with Crippen LogP contribution in [0.4, 0.5) is 4.79 Å². The monoisotopic (exact) mass is 361 g/mol. The maximum atomic E-state index is 12.4. The molecular formula is C17H27N7O2. The van der Waals surface area contributed by atoms with E-state index in [4.69, 9.17) is 4.99 Å². The molecule has 0 saturated carbocycles. The number of rotatable bonds is 3. The quantitative estimate of drug-likeness (QED) is 0.720. The van der Waals surface area contributed by atoms with E-state index in [0.29, 0.717) is 0 Å². The maximum absolute atomic E-state index is 12.4. The zero-order valence-electron chi connectivity index (χ0n) is 15.9. The molecule has 2 fully saturated rings. The highest BCUT2D eigenvalue weighted by molar-refractivity contribution is 6.05. The Hall–Kier alpha value is -2.13. The number of amides is 3. The summed E-state index contributed by atoms with van der Waals surface area (Å²) in [5.41, 5.74) is 2.16. The number of urea groups is 1. The summed E-state index contributed by atoms with van der Waals surface area (Å²) in [4.78, 5) is 39.6. The van der Waals surface area contributed by atoms with Crippen LogP contribution in [-0.4, -0.2) is 108 Å². The van der Waals surface area contributed by atoms with Gasteiger partial charge in [-0.15, -0.1) is 0 Å². The number of aliphatic imine (C=N–C) groups is 1. The molecule has 9 nitrogen and oxygen atoms in total. The Kier molecular flexibility index (Phi) is 4.15. The second-order valence-corrected chi connectivity index (χ2v) is 7.53. The van der Waals surface area contributed by atoms with Gasteiger partial charge in [-0.3, -0.25) is 19.9 Å². The molecule has 2 unspecified atom stereocenters. The van der Waals surface area contributed by atoms with Crippen LogP contribution in [0.5, 0.6) is 0 Å². The van der Waals surface area contributed by atoms with Crippen LogP contribution in [0.1, 0.15) is 13.8 Å². The van der Waals surface area contributed by atoms with Crippen molar-refractivity contribution in [3.63, 3.8) is 0 Å². The van der Waals surface area contributed by atoms with E-state index in [-0.39, 0.29) is 11.9 Å². The Morgan fingerprint density at radius 3 is 2.42 bits per heavy atom. The molecule has 4 aliphatic rings. The van der Waals surface area contributed by atoms with E-state index in [0.717, 1.165) is 56.6 Å². The molecule has 0 spiro atoms. The molecule has 0 aromatic carbocycles. The van der Waals surface area contributed by atoms with Crippen LogP contribution in [0.3, 0.4) is 0 Å². The standard InChI is InChI=1S/C17H27N7O2/c1-11-12(2)24-13-14(21(4)17(26)19-15(13)25)18-16(24)23(11)10-9-22-7-5-20(3)6-8-22/h13-14H,5-10H2,1-4H3,(H,19,25,26). The molecule has 3 amide bonds. The van der Waals surface area contributed by atoms with Crippen molar-refractivity contribution in [3.05, 3.63) is 11.4 Å². The number of hydrogen-bond donors (Lipinski definition) is 1. The summed E-state index contributed by atoms with van der Waals surface area (Å²) in [6.07, 6.45) is -0.458. The third-order valence-corrected chi connectivity index (χ3v) is 6.01. The molecule has 0 aromatic rings. The smallest absolute Gasteiger partial charge is 0.313 e. The van der Waals surface area contributed by atoms with E-state index in [1.165, 1.54) is 4.90 Å². The van der Waals surface area contributed by atoms with E-state index in [2.05, 4.69) is 34.0 Å². The Morgan fingerprint density at radius 1 is 1.04 bits per heavy atom. The first-order valence-electron chi connectivity index (χ1n) is 9.19. The number of allylic oxidation sites excluding steroid dienone is 2. The molecule has 4 rings (SSSR count). The van der Waals surface area contributed by atoms with Gasteiger partial charge in [0.25, 0.3) is 5.91 Å². The van der Waals surface area contributed by atoms with E-state index in [1.54, 1.807) is 7.05 Å². The minimum atomic E-state index is -0.476. The average molecular weight is 361 g/mol. The highest BCUT2D eigenvalue weighted by Gasteiger charge is 2.52. The van der Waals surface area contributed by atoms with Crippen LogP contribution < -0.4 is 5.32 Å². The van der Waals surface area contributed by atoms with Gasteiger partial charge in [-0.2, -0.15) is 0 Å². The summed E-state index contributed by atoms with van der Waals surface area (Å²) >= 11 is 0. The number of hydrogen-bond acceptors (Lipinski definition) is 7. The fraction of sp³-hybridized carbons (Fsp3) is 0.706. The van der Waals surface area contributed by atoms with E-state index in [1.807, 2.05) is 11.8 Å². The fourth-order valence-corrected chi connectivity index (χ4v) is 4.11. The molecule has 2 atom stereocenters. The van der Waals surface area contributed by atoms with Crippen LogP contribution in [0.25, 0.3) is 0 Å². The van der Waals surface area contributed by atoms with Gasteiger partial charge in [0, 0.05) is 57.7 Å². The minimum absolute atomic E-state index is 0.273. The number of fused-ring (bicyclic) bond motifs is 3. The van der Waals surface area contributed by atoms with Crippen LogP contribution in [0, 0.1) is 0 Å². The molecule has 0 aliphatic carbocycles. The minimum Gasteiger partial charge on any atom is -0.313 e. The van der Waals surface area contributed by atoms with Crippen LogP contribution in [0.2, 0.25) is 0 Å². The van der Waals surface area contributed by atoms with Gasteiger partial charge in [0.2, 0.25) is 5.96 Å². The predicted octanol–water partition coefficient (Wildman–Crippen LogP) is -0.651. The summed E-state index contributed by atoms with van der Waals surface area (Å²) in [5.74, 6) is 0.519. The van der Waals surface area contributed by atoms with Gasteiger partial charge < -0.3 is 14.7 Å². The number of carbonyl (C=O) groups excluding carboxylic acids is 2. The predicted molar refractivity (Wildman–Crippen MR) is 97.2 cm³/mol.